The van der Waals surface area contributed by atoms with Gasteiger partial charge in [0.05, 0.1) is 6.04 Å². The molecule has 0 spiro atoms. The van der Waals surface area contributed by atoms with Crippen molar-refractivity contribution in [3.05, 3.63) is 29.8 Å². The summed E-state index contributed by atoms with van der Waals surface area (Å²) < 4.78 is 0. The third-order valence-electron chi connectivity index (χ3n) is 3.08. The van der Waals surface area contributed by atoms with Crippen LogP contribution in [0.3, 0.4) is 0 Å². The van der Waals surface area contributed by atoms with Gasteiger partial charge in [-0.3, -0.25) is 4.79 Å². The maximum absolute atomic E-state index is 12.3. The number of anilines is 1. The zero-order valence-corrected chi connectivity index (χ0v) is 11.6. The van der Waals surface area contributed by atoms with Crippen LogP contribution >= 0.6 is 0 Å². The van der Waals surface area contributed by atoms with Gasteiger partial charge in [-0.25, -0.2) is 0 Å². The van der Waals surface area contributed by atoms with E-state index in [1.165, 1.54) is 0 Å². The summed E-state index contributed by atoms with van der Waals surface area (Å²) in [5, 5.41) is 0. The van der Waals surface area contributed by atoms with Crippen molar-refractivity contribution < 1.29 is 4.79 Å². The molecule has 0 aliphatic heterocycles. The fraction of sp³-hybridized carbons (Fsp3) is 0.533. The molecule has 0 saturated carbocycles. The van der Waals surface area contributed by atoms with Crippen LogP contribution in [-0.4, -0.2) is 18.5 Å². The second-order valence-corrected chi connectivity index (χ2v) is 4.67. The minimum Gasteiger partial charge on any atom is -0.320 e. The van der Waals surface area contributed by atoms with E-state index in [9.17, 15) is 4.79 Å². The third-order valence-corrected chi connectivity index (χ3v) is 3.08. The van der Waals surface area contributed by atoms with Crippen LogP contribution in [0.2, 0.25) is 0 Å². The van der Waals surface area contributed by atoms with Crippen molar-refractivity contribution in [1.29, 1.82) is 0 Å². The Labute approximate surface area is 110 Å². The second kappa shape index (κ2) is 7.17. The van der Waals surface area contributed by atoms with Crippen molar-refractivity contribution in [3.63, 3.8) is 0 Å². The van der Waals surface area contributed by atoms with Crippen molar-refractivity contribution in [3.8, 4) is 0 Å². The van der Waals surface area contributed by atoms with Gasteiger partial charge in [0.15, 0.2) is 0 Å². The Hall–Kier alpha value is -1.35. The summed E-state index contributed by atoms with van der Waals surface area (Å²) in [6.07, 6.45) is 2.83. The van der Waals surface area contributed by atoms with Gasteiger partial charge in [0, 0.05) is 12.2 Å². The molecule has 3 nitrogen and oxygen atoms in total. The Morgan fingerprint density at radius 2 is 2.11 bits per heavy atom. The summed E-state index contributed by atoms with van der Waals surface area (Å²) in [7, 11) is 0. The Morgan fingerprint density at radius 3 is 2.67 bits per heavy atom. The lowest BCUT2D eigenvalue weighted by molar-refractivity contribution is -0.119. The summed E-state index contributed by atoms with van der Waals surface area (Å²) in [5.74, 6) is 0.0246. The molecule has 0 saturated heterocycles. The second-order valence-electron chi connectivity index (χ2n) is 4.67. The van der Waals surface area contributed by atoms with E-state index in [0.29, 0.717) is 6.54 Å². The van der Waals surface area contributed by atoms with E-state index in [4.69, 9.17) is 5.73 Å². The highest BCUT2D eigenvalue weighted by molar-refractivity contribution is 5.97. The number of amides is 1. The number of unbranched alkanes of at least 4 members (excludes halogenated alkanes) is 1. The van der Waals surface area contributed by atoms with Crippen LogP contribution in [0.15, 0.2) is 24.3 Å². The van der Waals surface area contributed by atoms with Crippen LogP contribution in [0.4, 0.5) is 5.69 Å². The molecule has 0 heterocycles. The van der Waals surface area contributed by atoms with E-state index in [-0.39, 0.29) is 11.9 Å². The summed E-state index contributed by atoms with van der Waals surface area (Å²) in [5.41, 5.74) is 8.06. The van der Waals surface area contributed by atoms with Crippen molar-refractivity contribution in [2.45, 2.75) is 46.1 Å². The summed E-state index contributed by atoms with van der Waals surface area (Å²) in [4.78, 5) is 14.1. The monoisotopic (exact) mass is 248 g/mol. The van der Waals surface area contributed by atoms with E-state index in [1.807, 2.05) is 38.1 Å². The lowest BCUT2D eigenvalue weighted by atomic mass is 10.1. The predicted molar refractivity (Wildman–Crippen MR) is 76.7 cm³/mol. The number of aryl methyl sites for hydroxylation is 1. The van der Waals surface area contributed by atoms with Crippen LogP contribution in [0.1, 0.15) is 38.7 Å². The van der Waals surface area contributed by atoms with Crippen molar-refractivity contribution in [2.75, 3.05) is 11.4 Å². The Bertz CT molecular complexity index is 390. The Morgan fingerprint density at radius 1 is 1.39 bits per heavy atom. The molecule has 0 fully saturated rings. The lowest BCUT2D eigenvalue weighted by Gasteiger charge is -2.24. The van der Waals surface area contributed by atoms with E-state index in [0.717, 1.165) is 30.5 Å². The minimum atomic E-state index is -0.384. The highest BCUT2D eigenvalue weighted by Gasteiger charge is 2.20. The molecule has 0 radical (unpaired) electrons. The fourth-order valence-corrected chi connectivity index (χ4v) is 2.01. The number of benzene rings is 1. The SMILES string of the molecule is CCCC[C@H](N)C(=O)N(CC)c1cccc(C)c1. The van der Waals surface area contributed by atoms with Gasteiger partial charge in [-0.2, -0.15) is 0 Å². The molecule has 1 amide bonds. The predicted octanol–water partition coefficient (Wildman–Crippen LogP) is 2.87. The Balaban J connectivity index is 2.79. The topological polar surface area (TPSA) is 46.3 Å². The van der Waals surface area contributed by atoms with Crippen LogP contribution < -0.4 is 10.6 Å². The van der Waals surface area contributed by atoms with E-state index < -0.39 is 0 Å². The quantitative estimate of drug-likeness (QED) is 0.841. The lowest BCUT2D eigenvalue weighted by Crippen LogP contribution is -2.43. The Kier molecular flexibility index (Phi) is 5.86. The maximum atomic E-state index is 12.3. The number of likely N-dealkylation sites (N-methyl/N-ethyl adjacent to an activating group) is 1. The summed E-state index contributed by atoms with van der Waals surface area (Å²) >= 11 is 0. The molecule has 1 atom stereocenters. The van der Waals surface area contributed by atoms with Crippen molar-refractivity contribution >= 4 is 11.6 Å². The molecular formula is C15H24N2O. The molecule has 2 N–H and O–H groups in total. The van der Waals surface area contributed by atoms with Gasteiger partial charge in [-0.1, -0.05) is 31.9 Å². The molecule has 0 bridgehead atoms. The number of rotatable bonds is 6. The van der Waals surface area contributed by atoms with Crippen molar-refractivity contribution in [1.82, 2.24) is 0 Å². The molecule has 1 rings (SSSR count). The first-order chi connectivity index (χ1) is 8.60. The van der Waals surface area contributed by atoms with Gasteiger partial charge in [-0.05, 0) is 38.0 Å². The molecule has 1 aromatic rings. The van der Waals surface area contributed by atoms with Crippen LogP contribution in [0.25, 0.3) is 0 Å². The normalized spacial score (nSPS) is 12.2. The smallest absolute Gasteiger partial charge is 0.243 e. The van der Waals surface area contributed by atoms with Gasteiger partial charge in [-0.15, -0.1) is 0 Å². The van der Waals surface area contributed by atoms with Crippen molar-refractivity contribution in [2.24, 2.45) is 5.73 Å². The highest BCUT2D eigenvalue weighted by Crippen LogP contribution is 2.17. The first kappa shape index (κ1) is 14.7. The first-order valence-corrected chi connectivity index (χ1v) is 6.73. The number of nitrogens with two attached hydrogens (primary N) is 1. The molecule has 3 heteroatoms. The van der Waals surface area contributed by atoms with Gasteiger partial charge < -0.3 is 10.6 Å². The number of hydrogen-bond donors (Lipinski definition) is 1. The number of hydrogen-bond acceptors (Lipinski definition) is 2. The molecule has 18 heavy (non-hydrogen) atoms. The van der Waals surface area contributed by atoms with Gasteiger partial charge in [0.25, 0.3) is 0 Å². The molecular weight excluding hydrogens is 224 g/mol. The number of carbonyl (C=O) groups is 1. The van der Waals surface area contributed by atoms with Gasteiger partial charge in [0.1, 0.15) is 0 Å². The van der Waals surface area contributed by atoms with Crippen LogP contribution in [0, 0.1) is 6.92 Å². The average molecular weight is 248 g/mol. The zero-order valence-electron chi connectivity index (χ0n) is 11.6. The van der Waals surface area contributed by atoms with Crippen LogP contribution in [0.5, 0.6) is 0 Å². The average Bonchev–Trinajstić information content (AvgIpc) is 2.36. The molecule has 100 valence electrons. The zero-order chi connectivity index (χ0) is 13.5. The van der Waals surface area contributed by atoms with Gasteiger partial charge in [0.2, 0.25) is 5.91 Å². The molecule has 0 aromatic heterocycles. The molecule has 0 aliphatic carbocycles. The summed E-state index contributed by atoms with van der Waals surface area (Å²) in [6.45, 7) is 6.77. The van der Waals surface area contributed by atoms with E-state index >= 15 is 0 Å². The maximum Gasteiger partial charge on any atom is 0.243 e. The largest absolute Gasteiger partial charge is 0.320 e. The fourth-order valence-electron chi connectivity index (χ4n) is 2.01. The highest BCUT2D eigenvalue weighted by atomic mass is 16.2. The standard InChI is InChI=1S/C15H24N2O/c1-4-6-10-14(16)15(18)17(5-2)13-9-7-8-12(3)11-13/h7-9,11,14H,4-6,10,16H2,1-3H3/t14-/m0/s1. The third kappa shape index (κ3) is 3.84. The van der Waals surface area contributed by atoms with E-state index in [1.54, 1.807) is 4.90 Å². The molecule has 0 unspecified atom stereocenters. The first-order valence-electron chi connectivity index (χ1n) is 6.73. The van der Waals surface area contributed by atoms with Gasteiger partial charge >= 0.3 is 0 Å². The molecule has 0 aliphatic rings. The summed E-state index contributed by atoms with van der Waals surface area (Å²) in [6, 6.07) is 7.59. The van der Waals surface area contributed by atoms with E-state index in [2.05, 4.69) is 6.92 Å². The molecule has 1 aromatic carbocycles. The number of carbonyl (C=O) groups excluding carboxylic acids is 1. The number of nitrogens with zero attached hydrogens (tertiary/aromatic N) is 1. The minimum absolute atomic E-state index is 0.0246. The van der Waals surface area contributed by atoms with Crippen LogP contribution in [-0.2, 0) is 4.79 Å².